The molecule has 2 atom stereocenters. The summed E-state index contributed by atoms with van der Waals surface area (Å²) >= 11 is 11.0. The van der Waals surface area contributed by atoms with Gasteiger partial charge < -0.3 is 59.4 Å². The first-order valence-electron chi connectivity index (χ1n) is 24.2. The molecule has 1 amide bonds. The third-order valence-corrected chi connectivity index (χ3v) is 12.0. The molecule has 434 valence electrons. The van der Waals surface area contributed by atoms with Crippen LogP contribution < -0.4 is 45.2 Å². The van der Waals surface area contributed by atoms with Gasteiger partial charge in [-0.1, -0.05) is 89.7 Å². The van der Waals surface area contributed by atoms with Crippen LogP contribution in [0.25, 0.3) is 0 Å². The zero-order chi connectivity index (χ0) is 56.0. The first-order valence-corrected chi connectivity index (χ1v) is 27.1. The van der Waals surface area contributed by atoms with Gasteiger partial charge in [-0.05, 0) is 121 Å². The van der Waals surface area contributed by atoms with E-state index in [0.717, 1.165) is 28.7 Å². The number of hydrogen-bond acceptors (Lipinski definition) is 15. The molecule has 10 N–H and O–H groups in total. The second-order valence-corrected chi connectivity index (χ2v) is 23.4. The molecular formula is C55H90Cl3N5O12S. The summed E-state index contributed by atoms with van der Waals surface area (Å²) in [6.45, 7) is 34.4. The Balaban J connectivity index is -0.00000155. The molecule has 21 heteroatoms. The molecule has 1 aliphatic rings. The number of amides is 1. The maximum Gasteiger partial charge on any atom is 0.361 e. The molecule has 76 heavy (non-hydrogen) atoms. The number of quaternary nitrogens is 1. The van der Waals surface area contributed by atoms with Gasteiger partial charge in [-0.15, -0.1) is 23.2 Å². The summed E-state index contributed by atoms with van der Waals surface area (Å²) in [4.78, 5) is 47.7. The van der Waals surface area contributed by atoms with Crippen molar-refractivity contribution in [2.45, 2.75) is 143 Å². The number of rotatable bonds is 20. The number of benzene rings is 3. The highest BCUT2D eigenvalue weighted by molar-refractivity contribution is 7.86. The average Bonchev–Trinajstić information content (AvgIpc) is 4.17. The van der Waals surface area contributed by atoms with Crippen molar-refractivity contribution in [2.24, 2.45) is 0 Å². The summed E-state index contributed by atoms with van der Waals surface area (Å²) in [6.07, 6.45) is 1.83. The highest BCUT2D eigenvalue weighted by Gasteiger charge is 2.30. The Bertz CT molecular complexity index is 2300. The van der Waals surface area contributed by atoms with Crippen LogP contribution in [0.4, 0.5) is 0 Å². The van der Waals surface area contributed by atoms with Gasteiger partial charge in [0.2, 0.25) is 5.91 Å². The largest absolute Gasteiger partial charge is 1.00 e. The lowest BCUT2D eigenvalue weighted by Gasteiger charge is -2.30. The predicted molar refractivity (Wildman–Crippen MR) is 300 cm³/mol. The monoisotopic (exact) mass is 1150 g/mol. The van der Waals surface area contributed by atoms with Crippen LogP contribution in [-0.2, 0) is 58.5 Å². The molecular weight excluding hydrogens is 1060 g/mol. The van der Waals surface area contributed by atoms with Crippen LogP contribution >= 0.6 is 23.2 Å². The van der Waals surface area contributed by atoms with Gasteiger partial charge in [0, 0.05) is 35.0 Å². The van der Waals surface area contributed by atoms with E-state index in [1.54, 1.807) is 20.8 Å². The fourth-order valence-electron chi connectivity index (χ4n) is 6.58. The standard InChI is InChI=1S/C37H45Cl2NO8.C7H13NO.C6H13N.C5H12O3S.ClH.2H3N/c1-6-29(47-35(43)21-40)22-44-30-15-11-27(12-16-30)36(2,3)25-7-9-26(10-8-25)37(4,5)28-13-17-31(18-14-28)45-23-32(48-34(42)20-39)24-46-33(41)19-38;1-5-6(9)8-7(2,3)4;1-6(2,3)7-4-5-7;1-5(2,3)8-9(4,6)7;;;/h7-18,29,32H,6,19-24,40H2,1-5H3;5H,1H2,2-4H3,(H,8,9);4-5H2,1-3H3;1-4H3;1H;2*1H3. The maximum atomic E-state index is 11.7. The van der Waals surface area contributed by atoms with Gasteiger partial charge in [-0.25, -0.2) is 4.79 Å². The molecule has 1 fully saturated rings. The highest BCUT2D eigenvalue weighted by atomic mass is 35.5. The number of nitrogens with one attached hydrogen (secondary N) is 1. The molecule has 0 aromatic heterocycles. The van der Waals surface area contributed by atoms with Crippen LogP contribution in [0.3, 0.4) is 0 Å². The minimum Gasteiger partial charge on any atom is -1.00 e. The Hall–Kier alpha value is -4.50. The fraction of sp³-hybridized carbons (Fsp3) is 0.564. The van der Waals surface area contributed by atoms with E-state index in [4.69, 9.17) is 46.9 Å². The number of ether oxygens (including phenoxy) is 5. The van der Waals surface area contributed by atoms with E-state index in [1.165, 1.54) is 24.7 Å². The molecule has 4 rings (SSSR count). The summed E-state index contributed by atoms with van der Waals surface area (Å²) in [7, 11) is -3.28. The zero-order valence-electron chi connectivity index (χ0n) is 47.7. The van der Waals surface area contributed by atoms with Gasteiger partial charge in [-0.3, -0.25) is 23.5 Å². The van der Waals surface area contributed by atoms with E-state index in [0.29, 0.717) is 24.3 Å². The van der Waals surface area contributed by atoms with Crippen molar-refractivity contribution in [3.05, 3.63) is 108 Å². The van der Waals surface area contributed by atoms with Gasteiger partial charge >= 0.3 is 17.9 Å². The molecule has 17 nitrogen and oxygen atoms in total. The first-order chi connectivity index (χ1) is 33.6. The molecule has 0 aliphatic carbocycles. The van der Waals surface area contributed by atoms with E-state index in [-0.39, 0.29) is 90.6 Å². The highest BCUT2D eigenvalue weighted by Crippen LogP contribution is 2.37. The van der Waals surface area contributed by atoms with Crippen LogP contribution in [-0.4, -0.2) is 123 Å². The van der Waals surface area contributed by atoms with Gasteiger partial charge in [0.1, 0.15) is 49.2 Å². The molecule has 3 aromatic carbocycles. The van der Waals surface area contributed by atoms with E-state index in [1.807, 2.05) is 64.1 Å². The molecule has 2 unspecified atom stereocenters. The van der Waals surface area contributed by atoms with Crippen LogP contribution in [0.1, 0.15) is 126 Å². The lowest BCUT2D eigenvalue weighted by atomic mass is 9.74. The third-order valence-electron chi connectivity index (χ3n) is 10.7. The predicted octanol–water partition coefficient (Wildman–Crippen LogP) is 5.87. The number of nitrogens with zero attached hydrogens (tertiary/aromatic N) is 1. The second kappa shape index (κ2) is 34.4. The fourth-order valence-corrected chi connectivity index (χ4v) is 7.63. The lowest BCUT2D eigenvalue weighted by molar-refractivity contribution is -0.360. The molecule has 1 saturated heterocycles. The molecule has 0 saturated carbocycles. The topological polar surface area (TPSA) is 270 Å². The first kappa shape index (κ1) is 75.7. The Kier molecular flexibility index (Phi) is 34.3. The number of halogens is 3. The Labute approximate surface area is 470 Å². The van der Waals surface area contributed by atoms with Crippen molar-refractivity contribution in [3.8, 4) is 11.5 Å². The molecule has 1 heterocycles. The third kappa shape index (κ3) is 31.0. The van der Waals surface area contributed by atoms with Crippen molar-refractivity contribution in [2.75, 3.05) is 57.5 Å². The molecule has 1 aliphatic heterocycles. The number of hydrogen-bond donors (Lipinski definition) is 4. The van der Waals surface area contributed by atoms with Crippen molar-refractivity contribution in [1.29, 1.82) is 0 Å². The van der Waals surface area contributed by atoms with Crippen molar-refractivity contribution < 1.29 is 73.6 Å². The number of esters is 3. The second-order valence-electron chi connectivity index (χ2n) is 21.3. The van der Waals surface area contributed by atoms with Crippen LogP contribution in [0.15, 0.2) is 85.5 Å². The summed E-state index contributed by atoms with van der Waals surface area (Å²) in [5.74, 6) is -1.07. The van der Waals surface area contributed by atoms with Gasteiger partial charge in [-0.2, -0.15) is 8.42 Å². The Morgan fingerprint density at radius 2 is 1.03 bits per heavy atom. The minimum absolute atomic E-state index is 0. The number of carbonyl (C=O) groups excluding carboxylic acids is 4. The number of alkyl halides is 2. The average molecular weight is 1150 g/mol. The summed E-state index contributed by atoms with van der Waals surface area (Å²) < 4.78 is 52.7. The summed E-state index contributed by atoms with van der Waals surface area (Å²) in [5, 5.41) is 2.71. The van der Waals surface area contributed by atoms with Crippen LogP contribution in [0.2, 0.25) is 0 Å². The van der Waals surface area contributed by atoms with E-state index >= 15 is 0 Å². The molecule has 0 bridgehead atoms. The van der Waals surface area contributed by atoms with Crippen molar-refractivity contribution in [1.82, 2.24) is 22.5 Å². The minimum atomic E-state index is -3.28. The maximum absolute atomic E-state index is 11.7. The zero-order valence-corrected chi connectivity index (χ0v) is 50.8. The van der Waals surface area contributed by atoms with Crippen molar-refractivity contribution in [3.63, 3.8) is 0 Å². The summed E-state index contributed by atoms with van der Waals surface area (Å²) in [6, 6.07) is 24.4. The number of carbonyl (C=O) groups is 4. The smallest absolute Gasteiger partial charge is 0.361 e. The van der Waals surface area contributed by atoms with Crippen LogP contribution in [0, 0.1) is 0 Å². The van der Waals surface area contributed by atoms with Gasteiger partial charge in [0.15, 0.2) is 12.6 Å². The molecule has 0 radical (unpaired) electrons. The Morgan fingerprint density at radius 1 is 0.658 bits per heavy atom. The van der Waals surface area contributed by atoms with Crippen LogP contribution in [0.5, 0.6) is 11.5 Å². The lowest BCUT2D eigenvalue weighted by Crippen LogP contribution is -3.00. The summed E-state index contributed by atoms with van der Waals surface area (Å²) in [5.41, 5.74) is 7.26. The SMILES string of the molecule is C=CC(=O)NC(C)(C)C.CC(C)(C)N1CC1.CC(C)(C)OS(C)(=O)=O.CCC(COc1ccc(C(C)(C)c2ccc(C(C)(C)c3ccc(OCC(COC(=O)CCl)OC(=O)CCl)cc3)cc2)cc1)OC(=O)C[NH3+].N.N.[Cl-]. The van der Waals surface area contributed by atoms with E-state index < -0.39 is 33.8 Å². The normalized spacial score (nSPS) is 13.1. The van der Waals surface area contributed by atoms with E-state index in [2.05, 4.69) is 112 Å². The van der Waals surface area contributed by atoms with E-state index in [9.17, 15) is 27.6 Å². The van der Waals surface area contributed by atoms with Gasteiger partial charge in [0.25, 0.3) is 10.1 Å². The van der Waals surface area contributed by atoms with Crippen molar-refractivity contribution >= 4 is 57.1 Å². The van der Waals surface area contributed by atoms with Gasteiger partial charge in [0.05, 0.1) is 11.9 Å². The molecule has 3 aromatic rings. The Morgan fingerprint density at radius 3 is 1.28 bits per heavy atom. The molecule has 0 spiro atoms. The quantitative estimate of drug-likeness (QED) is 0.0257.